The molecule has 0 saturated heterocycles. The maximum absolute atomic E-state index is 12.7. The largest absolute Gasteiger partial charge is 0.503 e. The number of hydrogen-bond acceptors (Lipinski definition) is 7. The van der Waals surface area contributed by atoms with Crippen LogP contribution in [0.4, 0.5) is 0 Å². The normalized spacial score (nSPS) is 13.9. The van der Waals surface area contributed by atoms with Gasteiger partial charge < -0.3 is 19.3 Å². The van der Waals surface area contributed by atoms with Crippen molar-refractivity contribution in [3.8, 4) is 17.2 Å². The zero-order valence-corrected chi connectivity index (χ0v) is 18.7. The lowest BCUT2D eigenvalue weighted by Gasteiger charge is -2.27. The van der Waals surface area contributed by atoms with Gasteiger partial charge in [0, 0.05) is 18.7 Å². The molecule has 0 spiro atoms. The lowest BCUT2D eigenvalue weighted by molar-refractivity contribution is -0.158. The molecule has 1 aromatic carbocycles. The number of hydrogen-bond donors (Lipinski definition) is 1. The van der Waals surface area contributed by atoms with E-state index >= 15 is 0 Å². The number of ether oxygens (including phenoxy) is 3. The van der Waals surface area contributed by atoms with Gasteiger partial charge in [-0.3, -0.25) is 9.59 Å². The predicted molar refractivity (Wildman–Crippen MR) is 116 cm³/mol. The molecule has 0 bridgehead atoms. The second-order valence-electron chi connectivity index (χ2n) is 7.98. The number of methoxy groups -OCH3 is 1. The standard InChI is InChI=1S/C24H31NO6/c1-15(2)13-21(17(4)30-18-9-7-6-8-10-18)31-24(28)16(3)14-19(26)22-23(27)20(29-5)11-12-25-22/h6-12,15-17,21,27H,13-14H2,1-5H3/t16-,17-,21-/m1/s1. The molecule has 7 heteroatoms. The third-order valence-corrected chi connectivity index (χ3v) is 4.83. The van der Waals surface area contributed by atoms with Crippen LogP contribution in [0.5, 0.6) is 17.2 Å². The van der Waals surface area contributed by atoms with E-state index in [1.54, 1.807) is 6.92 Å². The van der Waals surface area contributed by atoms with Crippen LogP contribution in [0.1, 0.15) is 51.0 Å². The third kappa shape index (κ3) is 6.98. The van der Waals surface area contributed by atoms with Crippen molar-refractivity contribution in [2.45, 2.75) is 52.7 Å². The van der Waals surface area contributed by atoms with Gasteiger partial charge in [0.25, 0.3) is 0 Å². The molecule has 0 aliphatic rings. The molecule has 31 heavy (non-hydrogen) atoms. The first kappa shape index (κ1) is 24.2. The van der Waals surface area contributed by atoms with Crippen molar-refractivity contribution in [3.63, 3.8) is 0 Å². The summed E-state index contributed by atoms with van der Waals surface area (Å²) in [6.45, 7) is 7.56. The summed E-state index contributed by atoms with van der Waals surface area (Å²) >= 11 is 0. The molecule has 0 radical (unpaired) electrons. The molecular formula is C24H31NO6. The van der Waals surface area contributed by atoms with Crippen LogP contribution in [-0.2, 0) is 9.53 Å². The van der Waals surface area contributed by atoms with E-state index in [9.17, 15) is 14.7 Å². The van der Waals surface area contributed by atoms with Crippen LogP contribution in [0, 0.1) is 11.8 Å². The Kier molecular flexibility index (Phi) is 8.85. The Morgan fingerprint density at radius 2 is 1.74 bits per heavy atom. The van der Waals surface area contributed by atoms with E-state index in [2.05, 4.69) is 4.98 Å². The fraction of sp³-hybridized carbons (Fsp3) is 0.458. The molecule has 0 fully saturated rings. The molecule has 1 heterocycles. The van der Waals surface area contributed by atoms with Gasteiger partial charge in [-0.2, -0.15) is 0 Å². The van der Waals surface area contributed by atoms with E-state index in [-0.39, 0.29) is 35.6 Å². The lowest BCUT2D eigenvalue weighted by atomic mass is 10.00. The zero-order chi connectivity index (χ0) is 23.0. The minimum atomic E-state index is -0.710. The van der Waals surface area contributed by atoms with Gasteiger partial charge in [0.05, 0.1) is 13.0 Å². The summed E-state index contributed by atoms with van der Waals surface area (Å²) < 4.78 is 16.7. The van der Waals surface area contributed by atoms with E-state index in [1.807, 2.05) is 51.1 Å². The van der Waals surface area contributed by atoms with Gasteiger partial charge in [-0.25, -0.2) is 4.98 Å². The van der Waals surface area contributed by atoms with Crippen LogP contribution in [-0.4, -0.2) is 41.2 Å². The van der Waals surface area contributed by atoms with Crippen LogP contribution < -0.4 is 9.47 Å². The summed E-state index contributed by atoms with van der Waals surface area (Å²) in [6.07, 6.45) is 1.03. The van der Waals surface area contributed by atoms with Crippen molar-refractivity contribution in [1.82, 2.24) is 4.98 Å². The summed E-state index contributed by atoms with van der Waals surface area (Å²) in [5.74, 6) is -0.870. The molecule has 0 amide bonds. The Morgan fingerprint density at radius 3 is 2.35 bits per heavy atom. The Morgan fingerprint density at radius 1 is 1.06 bits per heavy atom. The van der Waals surface area contributed by atoms with Crippen molar-refractivity contribution in [2.24, 2.45) is 11.8 Å². The van der Waals surface area contributed by atoms with Gasteiger partial charge in [0.2, 0.25) is 0 Å². The molecule has 0 aliphatic heterocycles. The molecule has 1 N–H and O–H groups in total. The SMILES string of the molecule is COc1ccnc(C(=O)C[C@@H](C)C(=O)O[C@H](CC(C)C)[C@@H](C)Oc2ccccc2)c1O. The Balaban J connectivity index is 2.04. The van der Waals surface area contributed by atoms with Crippen LogP contribution in [0.25, 0.3) is 0 Å². The number of benzene rings is 1. The number of carbonyl (C=O) groups excluding carboxylic acids is 2. The number of Topliss-reactive ketones (excluding diaryl/α,β-unsaturated/α-hetero) is 1. The smallest absolute Gasteiger partial charge is 0.309 e. The molecule has 0 saturated carbocycles. The summed E-state index contributed by atoms with van der Waals surface area (Å²) in [5.41, 5.74) is -0.126. The van der Waals surface area contributed by atoms with Crippen LogP contribution in [0.2, 0.25) is 0 Å². The van der Waals surface area contributed by atoms with Crippen molar-refractivity contribution < 1.29 is 28.9 Å². The summed E-state index contributed by atoms with van der Waals surface area (Å²) in [7, 11) is 1.39. The number of nitrogens with zero attached hydrogens (tertiary/aromatic N) is 1. The minimum Gasteiger partial charge on any atom is -0.503 e. The second kappa shape index (κ2) is 11.3. The number of carbonyl (C=O) groups is 2. The maximum atomic E-state index is 12.7. The van der Waals surface area contributed by atoms with Gasteiger partial charge in [-0.15, -0.1) is 0 Å². The first-order chi connectivity index (χ1) is 14.7. The number of para-hydroxylation sites is 1. The van der Waals surface area contributed by atoms with E-state index < -0.39 is 23.8 Å². The highest BCUT2D eigenvalue weighted by Crippen LogP contribution is 2.29. The van der Waals surface area contributed by atoms with Crippen LogP contribution in [0.15, 0.2) is 42.6 Å². The average Bonchev–Trinajstić information content (AvgIpc) is 2.73. The van der Waals surface area contributed by atoms with Crippen LogP contribution in [0.3, 0.4) is 0 Å². The zero-order valence-electron chi connectivity index (χ0n) is 18.7. The molecule has 1 aromatic heterocycles. The average molecular weight is 430 g/mol. The quantitative estimate of drug-likeness (QED) is 0.417. The summed E-state index contributed by atoms with van der Waals surface area (Å²) in [4.78, 5) is 29.2. The lowest BCUT2D eigenvalue weighted by Crippen LogP contribution is -2.36. The number of aromatic hydroxyl groups is 1. The van der Waals surface area contributed by atoms with E-state index in [4.69, 9.17) is 14.2 Å². The fourth-order valence-corrected chi connectivity index (χ4v) is 3.12. The summed E-state index contributed by atoms with van der Waals surface area (Å²) in [6, 6.07) is 10.8. The molecule has 3 atom stereocenters. The van der Waals surface area contributed by atoms with Gasteiger partial charge in [0.1, 0.15) is 18.0 Å². The number of esters is 1. The monoisotopic (exact) mass is 429 g/mol. The highest BCUT2D eigenvalue weighted by atomic mass is 16.6. The number of pyridine rings is 1. The van der Waals surface area contributed by atoms with Crippen molar-refractivity contribution in [3.05, 3.63) is 48.3 Å². The first-order valence-electron chi connectivity index (χ1n) is 10.4. The van der Waals surface area contributed by atoms with Crippen molar-refractivity contribution in [2.75, 3.05) is 7.11 Å². The van der Waals surface area contributed by atoms with Crippen LogP contribution >= 0.6 is 0 Å². The van der Waals surface area contributed by atoms with Gasteiger partial charge >= 0.3 is 5.97 Å². The molecular weight excluding hydrogens is 398 g/mol. The topological polar surface area (TPSA) is 95.0 Å². The highest BCUT2D eigenvalue weighted by molar-refractivity contribution is 5.99. The van der Waals surface area contributed by atoms with Gasteiger partial charge in [-0.1, -0.05) is 39.0 Å². The second-order valence-corrected chi connectivity index (χ2v) is 7.98. The molecule has 2 aromatic rings. The third-order valence-electron chi connectivity index (χ3n) is 4.83. The maximum Gasteiger partial charge on any atom is 0.309 e. The van der Waals surface area contributed by atoms with Gasteiger partial charge in [0.15, 0.2) is 23.0 Å². The van der Waals surface area contributed by atoms with Gasteiger partial charge in [-0.05, 0) is 31.4 Å². The van der Waals surface area contributed by atoms with E-state index in [1.165, 1.54) is 19.4 Å². The molecule has 0 aliphatic carbocycles. The molecule has 2 rings (SSSR count). The minimum absolute atomic E-state index is 0.126. The van der Waals surface area contributed by atoms with Crippen molar-refractivity contribution in [1.29, 1.82) is 0 Å². The molecule has 7 nitrogen and oxygen atoms in total. The highest BCUT2D eigenvalue weighted by Gasteiger charge is 2.29. The number of aromatic nitrogens is 1. The van der Waals surface area contributed by atoms with E-state index in [0.29, 0.717) is 12.2 Å². The summed E-state index contributed by atoms with van der Waals surface area (Å²) in [5, 5.41) is 10.1. The number of ketones is 1. The van der Waals surface area contributed by atoms with Crippen molar-refractivity contribution >= 4 is 11.8 Å². The fourth-order valence-electron chi connectivity index (χ4n) is 3.12. The molecule has 168 valence electrons. The Hall–Kier alpha value is -3.09. The van der Waals surface area contributed by atoms with E-state index in [0.717, 1.165) is 0 Å². The predicted octanol–water partition coefficient (Wildman–Crippen LogP) is 4.43. The first-order valence-corrected chi connectivity index (χ1v) is 10.4. The Bertz CT molecular complexity index is 868. The number of rotatable bonds is 11. The molecule has 0 unspecified atom stereocenters. The Labute approximate surface area is 183 Å².